The van der Waals surface area contributed by atoms with Gasteiger partial charge in [0.1, 0.15) is 0 Å². The van der Waals surface area contributed by atoms with E-state index in [0.29, 0.717) is 31.9 Å². The standard InChI is InChI=1S/C13H13F3N2O3/c14-13(15,16)11(19)9-1-3-10(4-2-9)17-5-7-18(8-6-17)12(20)21/h1-4H,5-8H2,(H,20,21). The quantitative estimate of drug-likeness (QED) is 0.851. The van der Waals surface area contributed by atoms with Gasteiger partial charge >= 0.3 is 12.3 Å². The van der Waals surface area contributed by atoms with Crippen molar-refractivity contribution in [1.82, 2.24) is 4.90 Å². The van der Waals surface area contributed by atoms with E-state index in [0.717, 1.165) is 12.1 Å². The largest absolute Gasteiger partial charge is 0.465 e. The summed E-state index contributed by atoms with van der Waals surface area (Å²) in [5.41, 5.74) is 0.259. The summed E-state index contributed by atoms with van der Waals surface area (Å²) in [4.78, 5) is 25.0. The molecule has 8 heteroatoms. The number of hydrogen-bond donors (Lipinski definition) is 1. The Morgan fingerprint density at radius 1 is 1.00 bits per heavy atom. The summed E-state index contributed by atoms with van der Waals surface area (Å²) < 4.78 is 36.9. The van der Waals surface area contributed by atoms with Gasteiger partial charge in [-0.1, -0.05) is 0 Å². The minimum Gasteiger partial charge on any atom is -0.465 e. The van der Waals surface area contributed by atoms with Gasteiger partial charge in [0, 0.05) is 37.4 Å². The zero-order chi connectivity index (χ0) is 15.6. The van der Waals surface area contributed by atoms with Crippen molar-refractivity contribution in [2.75, 3.05) is 31.1 Å². The summed E-state index contributed by atoms with van der Waals surface area (Å²) >= 11 is 0. The molecule has 0 atom stereocenters. The van der Waals surface area contributed by atoms with Crippen LogP contribution in [-0.4, -0.2) is 54.2 Å². The molecule has 1 N–H and O–H groups in total. The first-order chi connectivity index (χ1) is 9.79. The predicted octanol–water partition coefficient (Wildman–Crippen LogP) is 2.23. The highest BCUT2D eigenvalue weighted by atomic mass is 19.4. The SMILES string of the molecule is O=C(O)N1CCN(c2ccc(C(=O)C(F)(F)F)cc2)CC1. The van der Waals surface area contributed by atoms with E-state index in [1.54, 1.807) is 0 Å². The number of carboxylic acid groups (broad SMARTS) is 1. The van der Waals surface area contributed by atoms with Crippen LogP contribution < -0.4 is 4.90 Å². The molecule has 0 radical (unpaired) electrons. The molecular weight excluding hydrogens is 289 g/mol. The molecule has 1 saturated heterocycles. The first-order valence-electron chi connectivity index (χ1n) is 6.23. The number of alkyl halides is 3. The molecule has 5 nitrogen and oxygen atoms in total. The van der Waals surface area contributed by atoms with Crippen molar-refractivity contribution in [3.8, 4) is 0 Å². The summed E-state index contributed by atoms with van der Waals surface area (Å²) in [5, 5.41) is 8.83. The smallest absolute Gasteiger partial charge is 0.454 e. The van der Waals surface area contributed by atoms with E-state index in [4.69, 9.17) is 5.11 Å². The van der Waals surface area contributed by atoms with Crippen molar-refractivity contribution in [2.45, 2.75) is 6.18 Å². The maximum Gasteiger partial charge on any atom is 0.454 e. The third kappa shape index (κ3) is 3.45. The van der Waals surface area contributed by atoms with Crippen LogP contribution in [0.5, 0.6) is 0 Å². The number of benzene rings is 1. The Morgan fingerprint density at radius 2 is 1.52 bits per heavy atom. The topological polar surface area (TPSA) is 60.9 Å². The van der Waals surface area contributed by atoms with Gasteiger partial charge in [-0.15, -0.1) is 0 Å². The highest BCUT2D eigenvalue weighted by Gasteiger charge is 2.39. The molecule has 1 heterocycles. The van der Waals surface area contributed by atoms with E-state index in [9.17, 15) is 22.8 Å². The van der Waals surface area contributed by atoms with Crippen LogP contribution in [0.15, 0.2) is 24.3 Å². The molecule has 21 heavy (non-hydrogen) atoms. The van der Waals surface area contributed by atoms with Crippen LogP contribution in [0.2, 0.25) is 0 Å². The highest BCUT2D eigenvalue weighted by molar-refractivity contribution is 6.00. The molecular formula is C13H13F3N2O3. The fourth-order valence-corrected chi connectivity index (χ4v) is 2.14. The molecule has 1 fully saturated rings. The molecule has 1 aliphatic rings. The normalized spacial score (nSPS) is 16.0. The zero-order valence-electron chi connectivity index (χ0n) is 10.9. The van der Waals surface area contributed by atoms with Gasteiger partial charge in [0.25, 0.3) is 5.78 Å². The molecule has 1 amide bonds. The van der Waals surface area contributed by atoms with E-state index >= 15 is 0 Å². The van der Waals surface area contributed by atoms with E-state index in [1.165, 1.54) is 17.0 Å². The maximum atomic E-state index is 12.3. The third-order valence-corrected chi connectivity index (χ3v) is 3.30. The second kappa shape index (κ2) is 5.63. The van der Waals surface area contributed by atoms with Crippen LogP contribution in [0.3, 0.4) is 0 Å². The first kappa shape index (κ1) is 15.1. The van der Waals surface area contributed by atoms with Crippen molar-refractivity contribution < 1.29 is 27.9 Å². The van der Waals surface area contributed by atoms with Gasteiger partial charge in [0.15, 0.2) is 0 Å². The molecule has 0 spiro atoms. The number of carbonyl (C=O) groups is 2. The molecule has 0 saturated carbocycles. The summed E-state index contributed by atoms with van der Waals surface area (Å²) in [6, 6.07) is 5.15. The second-order valence-electron chi connectivity index (χ2n) is 4.63. The van der Waals surface area contributed by atoms with Crippen molar-refractivity contribution in [1.29, 1.82) is 0 Å². The minimum atomic E-state index is -4.88. The summed E-state index contributed by atoms with van der Waals surface area (Å²) in [5.74, 6) is -1.87. The van der Waals surface area contributed by atoms with Gasteiger partial charge in [-0.05, 0) is 24.3 Å². The van der Waals surface area contributed by atoms with Crippen molar-refractivity contribution >= 4 is 17.6 Å². The summed E-state index contributed by atoms with van der Waals surface area (Å²) in [7, 11) is 0. The van der Waals surface area contributed by atoms with Crippen LogP contribution in [0, 0.1) is 0 Å². The number of hydrogen-bond acceptors (Lipinski definition) is 3. The zero-order valence-corrected chi connectivity index (χ0v) is 10.9. The van der Waals surface area contributed by atoms with Crippen LogP contribution >= 0.6 is 0 Å². The van der Waals surface area contributed by atoms with Gasteiger partial charge in [0.2, 0.25) is 0 Å². The molecule has 1 aromatic rings. The Kier molecular flexibility index (Phi) is 4.06. The van der Waals surface area contributed by atoms with Crippen LogP contribution in [0.4, 0.5) is 23.7 Å². The number of rotatable bonds is 2. The lowest BCUT2D eigenvalue weighted by Crippen LogP contribution is -2.48. The summed E-state index contributed by atoms with van der Waals surface area (Å²) in [6.45, 7) is 1.58. The summed E-state index contributed by atoms with van der Waals surface area (Å²) in [6.07, 6.45) is -5.87. The van der Waals surface area contributed by atoms with Gasteiger partial charge in [-0.25, -0.2) is 4.79 Å². The lowest BCUT2D eigenvalue weighted by Gasteiger charge is -2.34. The van der Waals surface area contributed by atoms with Crippen LogP contribution in [0.1, 0.15) is 10.4 Å². The average Bonchev–Trinajstić information content (AvgIpc) is 2.46. The molecule has 0 aliphatic carbocycles. The van der Waals surface area contributed by atoms with Crippen LogP contribution in [-0.2, 0) is 0 Å². The van der Waals surface area contributed by atoms with Crippen LogP contribution in [0.25, 0.3) is 0 Å². The number of anilines is 1. The predicted molar refractivity (Wildman–Crippen MR) is 68.6 cm³/mol. The lowest BCUT2D eigenvalue weighted by molar-refractivity contribution is -0.0885. The fourth-order valence-electron chi connectivity index (χ4n) is 2.14. The number of ketones is 1. The van der Waals surface area contributed by atoms with E-state index in [-0.39, 0.29) is 0 Å². The number of nitrogens with zero attached hydrogens (tertiary/aromatic N) is 2. The van der Waals surface area contributed by atoms with Gasteiger partial charge in [0.05, 0.1) is 0 Å². The van der Waals surface area contributed by atoms with Gasteiger partial charge in [-0.3, -0.25) is 4.79 Å². The fraction of sp³-hybridized carbons (Fsp3) is 0.385. The number of carbonyl (C=O) groups excluding carboxylic acids is 1. The molecule has 0 bridgehead atoms. The van der Waals surface area contributed by atoms with Crippen molar-refractivity contribution in [3.63, 3.8) is 0 Å². The molecule has 0 unspecified atom stereocenters. The minimum absolute atomic E-state index is 0.332. The van der Waals surface area contributed by atoms with Crippen molar-refractivity contribution in [3.05, 3.63) is 29.8 Å². The van der Waals surface area contributed by atoms with Crippen molar-refractivity contribution in [2.24, 2.45) is 0 Å². The molecule has 2 rings (SSSR count). The number of amides is 1. The van der Waals surface area contributed by atoms with E-state index < -0.39 is 23.6 Å². The van der Waals surface area contributed by atoms with E-state index in [1.807, 2.05) is 4.90 Å². The Bertz CT molecular complexity index is 535. The van der Waals surface area contributed by atoms with Gasteiger partial charge in [-0.2, -0.15) is 13.2 Å². The Balaban J connectivity index is 2.04. The maximum absolute atomic E-state index is 12.3. The second-order valence-corrected chi connectivity index (χ2v) is 4.63. The first-order valence-corrected chi connectivity index (χ1v) is 6.23. The number of Topliss-reactive ketones (excluding diaryl/α,β-unsaturated/α-hetero) is 1. The Labute approximate surface area is 118 Å². The molecule has 1 aromatic carbocycles. The average molecular weight is 302 g/mol. The molecule has 1 aliphatic heterocycles. The molecule has 0 aromatic heterocycles. The monoisotopic (exact) mass is 302 g/mol. The Morgan fingerprint density at radius 3 is 1.95 bits per heavy atom. The molecule has 114 valence electrons. The highest BCUT2D eigenvalue weighted by Crippen LogP contribution is 2.24. The van der Waals surface area contributed by atoms with E-state index in [2.05, 4.69) is 0 Å². The number of halogens is 3. The van der Waals surface area contributed by atoms with Gasteiger partial charge < -0.3 is 14.9 Å². The number of piperazine rings is 1. The lowest BCUT2D eigenvalue weighted by atomic mass is 10.1. The third-order valence-electron chi connectivity index (χ3n) is 3.30. The Hall–Kier alpha value is -2.25.